The molecule has 0 spiro atoms. The molecule has 1 rings (SSSR count). The van der Waals surface area contributed by atoms with Gasteiger partial charge in [-0.15, -0.1) is 0 Å². The number of hydrogen-bond donors (Lipinski definition) is 2. The van der Waals surface area contributed by atoms with Crippen LogP contribution in [0, 0.1) is 17.1 Å². The van der Waals surface area contributed by atoms with Crippen LogP contribution in [0.1, 0.15) is 18.0 Å². The van der Waals surface area contributed by atoms with Gasteiger partial charge in [-0.3, -0.25) is 0 Å². The average molecular weight is 215 g/mol. The van der Waals surface area contributed by atoms with Gasteiger partial charge in [0, 0.05) is 17.7 Å². The molecule has 0 radical (unpaired) electrons. The summed E-state index contributed by atoms with van der Waals surface area (Å²) in [6.07, 6.45) is 0.0372. The number of halogens is 2. The van der Waals surface area contributed by atoms with Crippen LogP contribution in [0.5, 0.6) is 5.75 Å². The molecule has 0 aliphatic rings. The number of phenols is 1. The third-order valence-electron chi connectivity index (χ3n) is 1.78. The Morgan fingerprint density at radius 3 is 2.86 bits per heavy atom. The number of phenolic OH excluding ortho intramolecular Hbond substituents is 1. The van der Waals surface area contributed by atoms with Crippen molar-refractivity contribution in [1.82, 2.24) is 0 Å². The molecule has 0 saturated carbocycles. The minimum Gasteiger partial charge on any atom is -0.507 e. The molecule has 74 valence electrons. The van der Waals surface area contributed by atoms with Crippen molar-refractivity contribution in [3.8, 4) is 11.8 Å². The molecule has 0 saturated heterocycles. The van der Waals surface area contributed by atoms with Crippen LogP contribution in [0.4, 0.5) is 4.39 Å². The van der Waals surface area contributed by atoms with Crippen molar-refractivity contribution in [2.24, 2.45) is 5.73 Å². The second-order valence-corrected chi connectivity index (χ2v) is 3.20. The SMILES string of the molecule is N#CC[C@@H](N)c1cc(Cl)c(F)cc1O. The van der Waals surface area contributed by atoms with E-state index in [4.69, 9.17) is 22.6 Å². The Morgan fingerprint density at radius 2 is 2.29 bits per heavy atom. The number of aromatic hydroxyl groups is 1. The maximum absolute atomic E-state index is 12.8. The molecule has 0 aliphatic carbocycles. The molecule has 1 atom stereocenters. The number of hydrogen-bond acceptors (Lipinski definition) is 3. The Hall–Kier alpha value is -1.31. The standard InChI is InChI=1S/C9H8ClFN2O/c10-6-3-5(8(13)1-2-12)9(14)4-7(6)11/h3-4,8,14H,1,13H2/t8-/m1/s1. The molecule has 5 heteroatoms. The Bertz CT molecular complexity index is 389. The smallest absolute Gasteiger partial charge is 0.145 e. The largest absolute Gasteiger partial charge is 0.507 e. The van der Waals surface area contributed by atoms with Gasteiger partial charge in [-0.2, -0.15) is 5.26 Å². The van der Waals surface area contributed by atoms with E-state index in [9.17, 15) is 9.50 Å². The number of rotatable bonds is 2. The third-order valence-corrected chi connectivity index (χ3v) is 2.07. The lowest BCUT2D eigenvalue weighted by Crippen LogP contribution is -2.09. The van der Waals surface area contributed by atoms with Crippen LogP contribution >= 0.6 is 11.6 Å². The average Bonchev–Trinajstić information content (AvgIpc) is 2.11. The fourth-order valence-corrected chi connectivity index (χ4v) is 1.23. The zero-order chi connectivity index (χ0) is 10.7. The summed E-state index contributed by atoms with van der Waals surface area (Å²) in [6, 6.07) is 3.31. The van der Waals surface area contributed by atoms with E-state index in [1.807, 2.05) is 6.07 Å². The first kappa shape index (κ1) is 10.8. The van der Waals surface area contributed by atoms with Gasteiger partial charge in [0.05, 0.1) is 17.5 Å². The van der Waals surface area contributed by atoms with Crippen molar-refractivity contribution in [2.45, 2.75) is 12.5 Å². The molecule has 1 aromatic rings. The fraction of sp³-hybridized carbons (Fsp3) is 0.222. The van der Waals surface area contributed by atoms with E-state index in [0.29, 0.717) is 0 Å². The topological polar surface area (TPSA) is 70.0 Å². The fourth-order valence-electron chi connectivity index (χ4n) is 1.06. The highest BCUT2D eigenvalue weighted by atomic mass is 35.5. The summed E-state index contributed by atoms with van der Waals surface area (Å²) >= 11 is 5.51. The molecule has 0 amide bonds. The van der Waals surface area contributed by atoms with Crippen molar-refractivity contribution in [2.75, 3.05) is 0 Å². The Morgan fingerprint density at radius 1 is 1.64 bits per heavy atom. The van der Waals surface area contributed by atoms with Gasteiger partial charge in [0.1, 0.15) is 11.6 Å². The van der Waals surface area contributed by atoms with Crippen molar-refractivity contribution < 1.29 is 9.50 Å². The van der Waals surface area contributed by atoms with Crippen LogP contribution in [0.25, 0.3) is 0 Å². The van der Waals surface area contributed by atoms with Crippen molar-refractivity contribution in [1.29, 1.82) is 5.26 Å². The molecule has 14 heavy (non-hydrogen) atoms. The van der Waals surface area contributed by atoms with Gasteiger partial charge in [-0.25, -0.2) is 4.39 Å². The van der Waals surface area contributed by atoms with E-state index in [0.717, 1.165) is 6.07 Å². The minimum atomic E-state index is -0.711. The first-order valence-electron chi connectivity index (χ1n) is 3.86. The van der Waals surface area contributed by atoms with Gasteiger partial charge in [-0.1, -0.05) is 11.6 Å². The molecule has 0 aromatic heterocycles. The summed E-state index contributed by atoms with van der Waals surface area (Å²) in [5.41, 5.74) is 5.84. The van der Waals surface area contributed by atoms with E-state index in [2.05, 4.69) is 0 Å². The van der Waals surface area contributed by atoms with Gasteiger partial charge in [-0.05, 0) is 6.07 Å². The Kier molecular flexibility index (Phi) is 3.28. The second-order valence-electron chi connectivity index (χ2n) is 2.79. The molecule has 0 heterocycles. The summed E-state index contributed by atoms with van der Waals surface area (Å²) in [5.74, 6) is -0.994. The zero-order valence-corrected chi connectivity index (χ0v) is 7.92. The lowest BCUT2D eigenvalue weighted by Gasteiger charge is -2.10. The van der Waals surface area contributed by atoms with Crippen LogP contribution < -0.4 is 5.73 Å². The summed E-state index contributed by atoms with van der Waals surface area (Å²) in [7, 11) is 0. The second kappa shape index (κ2) is 4.27. The first-order chi connectivity index (χ1) is 6.56. The first-order valence-corrected chi connectivity index (χ1v) is 4.24. The normalized spacial score (nSPS) is 12.1. The third kappa shape index (κ3) is 2.13. The summed E-state index contributed by atoms with van der Waals surface area (Å²) < 4.78 is 12.8. The number of nitrogens with two attached hydrogens (primary N) is 1. The van der Waals surface area contributed by atoms with E-state index in [-0.39, 0.29) is 22.8 Å². The molecule has 0 bridgehead atoms. The lowest BCUT2D eigenvalue weighted by atomic mass is 10.0. The molecule has 0 fully saturated rings. The number of nitrogens with zero attached hydrogens (tertiary/aromatic N) is 1. The van der Waals surface area contributed by atoms with Crippen LogP contribution in [0.2, 0.25) is 5.02 Å². The van der Waals surface area contributed by atoms with E-state index in [1.165, 1.54) is 6.07 Å². The van der Waals surface area contributed by atoms with Gasteiger partial charge in [0.2, 0.25) is 0 Å². The van der Waals surface area contributed by atoms with E-state index < -0.39 is 11.9 Å². The highest BCUT2D eigenvalue weighted by molar-refractivity contribution is 6.30. The minimum absolute atomic E-state index is 0.0372. The maximum Gasteiger partial charge on any atom is 0.145 e. The van der Waals surface area contributed by atoms with Gasteiger partial charge in [0.15, 0.2) is 0 Å². The Balaban J connectivity index is 3.10. The van der Waals surface area contributed by atoms with Crippen LogP contribution in [0.15, 0.2) is 12.1 Å². The summed E-state index contributed by atoms with van der Waals surface area (Å²) in [5, 5.41) is 17.6. The lowest BCUT2D eigenvalue weighted by molar-refractivity contribution is 0.456. The molecule has 0 aliphatic heterocycles. The molecule has 3 N–H and O–H groups in total. The predicted octanol–water partition coefficient (Wildman–Crippen LogP) is 2.10. The zero-order valence-electron chi connectivity index (χ0n) is 7.17. The van der Waals surface area contributed by atoms with Crippen LogP contribution in [0.3, 0.4) is 0 Å². The van der Waals surface area contributed by atoms with Gasteiger partial charge >= 0.3 is 0 Å². The van der Waals surface area contributed by atoms with Gasteiger partial charge in [0.25, 0.3) is 0 Å². The number of nitriles is 1. The van der Waals surface area contributed by atoms with E-state index >= 15 is 0 Å². The molecule has 1 aromatic carbocycles. The quantitative estimate of drug-likeness (QED) is 0.792. The molecular formula is C9H8ClFN2O. The highest BCUT2D eigenvalue weighted by Crippen LogP contribution is 2.29. The molecule has 0 unspecified atom stereocenters. The predicted molar refractivity (Wildman–Crippen MR) is 50.2 cm³/mol. The monoisotopic (exact) mass is 214 g/mol. The maximum atomic E-state index is 12.8. The molecular weight excluding hydrogens is 207 g/mol. The molecule has 3 nitrogen and oxygen atoms in total. The van der Waals surface area contributed by atoms with Crippen molar-refractivity contribution >= 4 is 11.6 Å². The van der Waals surface area contributed by atoms with Crippen LogP contribution in [-0.2, 0) is 0 Å². The summed E-state index contributed by atoms with van der Waals surface area (Å²) in [4.78, 5) is 0. The summed E-state index contributed by atoms with van der Waals surface area (Å²) in [6.45, 7) is 0. The van der Waals surface area contributed by atoms with E-state index in [1.54, 1.807) is 0 Å². The van der Waals surface area contributed by atoms with Crippen LogP contribution in [-0.4, -0.2) is 5.11 Å². The highest BCUT2D eigenvalue weighted by Gasteiger charge is 2.13. The Labute approximate surface area is 85.5 Å². The van der Waals surface area contributed by atoms with Crippen molar-refractivity contribution in [3.05, 3.63) is 28.5 Å². The van der Waals surface area contributed by atoms with Gasteiger partial charge < -0.3 is 10.8 Å². The van der Waals surface area contributed by atoms with Crippen molar-refractivity contribution in [3.63, 3.8) is 0 Å². The number of benzene rings is 1.